The number of nitrogens with zero attached hydrogens (tertiary/aromatic N) is 2. The number of unbranched alkanes of at least 4 members (excludes halogenated alkanes) is 3. The van der Waals surface area contributed by atoms with Gasteiger partial charge in [0.2, 0.25) is 5.56 Å². The smallest absolute Gasteiger partial charge is 0.254 e. The van der Waals surface area contributed by atoms with Gasteiger partial charge in [-0.15, -0.1) is 0 Å². The van der Waals surface area contributed by atoms with Crippen molar-refractivity contribution in [3.63, 3.8) is 0 Å². The summed E-state index contributed by atoms with van der Waals surface area (Å²) in [6.07, 6.45) is 7.40. The minimum atomic E-state index is -0.768. The summed E-state index contributed by atoms with van der Waals surface area (Å²) in [5, 5.41) is 24.7. The molecule has 4 aromatic rings. The molecule has 1 aromatic heterocycles. The molecule has 0 aliphatic carbocycles. The van der Waals surface area contributed by atoms with Crippen LogP contribution in [0, 0.1) is 17.7 Å². The SMILES string of the molecule is O=C(c1ccc(OCCCCCCNCC(O)c2ccc(O)c3[nH]c(=O)ccc23)cc1)N1CCC(c2ccc(F)cc2)CC1C1CN2CCC1CC2. The van der Waals surface area contributed by atoms with E-state index in [1.165, 1.54) is 43.6 Å². The van der Waals surface area contributed by atoms with Crippen molar-refractivity contribution < 1.29 is 24.1 Å². The van der Waals surface area contributed by atoms with E-state index in [4.69, 9.17) is 4.74 Å². The first-order valence-electron chi connectivity index (χ1n) is 19.1. The Morgan fingerprint density at radius 2 is 1.69 bits per heavy atom. The third kappa shape index (κ3) is 8.35. The summed E-state index contributed by atoms with van der Waals surface area (Å²) in [5.41, 5.74) is 2.56. The van der Waals surface area contributed by atoms with Crippen LogP contribution in [0.2, 0.25) is 0 Å². The maximum atomic E-state index is 14.0. The Balaban J connectivity index is 0.844. The molecule has 4 atom stereocenters. The number of phenols is 1. The molecule has 4 unspecified atom stereocenters. The molecule has 2 bridgehead atoms. The number of hydrogen-bond donors (Lipinski definition) is 4. The summed E-state index contributed by atoms with van der Waals surface area (Å²) >= 11 is 0. The van der Waals surface area contributed by atoms with E-state index in [2.05, 4.69) is 20.1 Å². The number of ether oxygens (including phenoxy) is 1. The molecule has 4 fully saturated rings. The predicted octanol–water partition coefficient (Wildman–Crippen LogP) is 6.37. The second-order valence-electron chi connectivity index (χ2n) is 14.9. The summed E-state index contributed by atoms with van der Waals surface area (Å²) in [6.45, 7) is 5.85. The molecule has 1 amide bonds. The number of aromatic nitrogens is 1. The highest BCUT2D eigenvalue weighted by Gasteiger charge is 2.44. The van der Waals surface area contributed by atoms with Gasteiger partial charge in [-0.2, -0.15) is 0 Å². The largest absolute Gasteiger partial charge is 0.506 e. The van der Waals surface area contributed by atoms with Gasteiger partial charge in [0.05, 0.1) is 18.2 Å². The number of carbonyl (C=O) groups is 1. The minimum Gasteiger partial charge on any atom is -0.506 e. The standard InChI is InChI=1S/C42H51FN4O5/c43-32-9-5-28(6-10-32)31-19-23-47(37(25-31)36-27-46-21-17-29(36)18-22-46)42(51)30-7-11-33(12-8-30)52-24-4-2-1-3-20-44-26-39(49)34-13-15-38(48)41-35(34)14-16-40(50)45-41/h5-16,29,31,36-37,39,44,48-49H,1-4,17-27H2,(H,45,50). The van der Waals surface area contributed by atoms with Crippen LogP contribution in [-0.4, -0.2) is 82.8 Å². The summed E-state index contributed by atoms with van der Waals surface area (Å²) in [6, 6.07) is 20.9. The monoisotopic (exact) mass is 710 g/mol. The number of aromatic hydroxyl groups is 1. The van der Waals surface area contributed by atoms with Gasteiger partial charge in [-0.3, -0.25) is 9.59 Å². The highest BCUT2D eigenvalue weighted by Crippen LogP contribution is 2.43. The van der Waals surface area contributed by atoms with Crippen molar-refractivity contribution in [1.82, 2.24) is 20.1 Å². The van der Waals surface area contributed by atoms with E-state index in [1.807, 2.05) is 36.4 Å². The molecule has 0 spiro atoms. The van der Waals surface area contributed by atoms with Gasteiger partial charge in [0.25, 0.3) is 5.91 Å². The molecule has 8 rings (SSSR count). The van der Waals surface area contributed by atoms with E-state index in [1.54, 1.807) is 24.3 Å². The fourth-order valence-corrected chi connectivity index (χ4v) is 8.79. The van der Waals surface area contributed by atoms with E-state index in [-0.39, 0.29) is 29.1 Å². The average Bonchev–Trinajstić information content (AvgIpc) is 3.18. The summed E-state index contributed by atoms with van der Waals surface area (Å²) < 4.78 is 19.7. The second-order valence-corrected chi connectivity index (χ2v) is 14.9. The van der Waals surface area contributed by atoms with Crippen LogP contribution in [0.25, 0.3) is 10.9 Å². The van der Waals surface area contributed by atoms with Crippen molar-refractivity contribution in [3.05, 3.63) is 106 Å². The number of nitrogens with one attached hydrogen (secondary N) is 2. The first kappa shape index (κ1) is 36.1. The van der Waals surface area contributed by atoms with Gasteiger partial charge in [-0.25, -0.2) is 4.39 Å². The summed E-state index contributed by atoms with van der Waals surface area (Å²) in [7, 11) is 0. The number of piperidine rings is 4. The van der Waals surface area contributed by atoms with Gasteiger partial charge in [0.1, 0.15) is 17.3 Å². The number of aliphatic hydroxyl groups is 1. The third-order valence-electron chi connectivity index (χ3n) is 11.7. The number of aromatic amines is 1. The molecule has 5 heterocycles. The van der Waals surface area contributed by atoms with E-state index >= 15 is 0 Å². The van der Waals surface area contributed by atoms with E-state index in [9.17, 15) is 24.2 Å². The number of aliphatic hydroxyl groups excluding tert-OH is 1. The fourth-order valence-electron chi connectivity index (χ4n) is 8.79. The number of amides is 1. The minimum absolute atomic E-state index is 0.0206. The Kier molecular flexibility index (Phi) is 11.5. The Hall–Kier alpha value is -4.25. The van der Waals surface area contributed by atoms with Crippen molar-refractivity contribution in [3.8, 4) is 11.5 Å². The number of likely N-dealkylation sites (tertiary alicyclic amines) is 1. The highest BCUT2D eigenvalue weighted by molar-refractivity contribution is 5.94. The van der Waals surface area contributed by atoms with Gasteiger partial charge in [0.15, 0.2) is 0 Å². The number of phenolic OH excluding ortho intramolecular Hbond substituents is 1. The first-order chi connectivity index (χ1) is 25.3. The molecular formula is C42H51FN4O5. The molecule has 4 N–H and O–H groups in total. The third-order valence-corrected chi connectivity index (χ3v) is 11.7. The Morgan fingerprint density at radius 3 is 2.44 bits per heavy atom. The molecule has 10 heteroatoms. The van der Waals surface area contributed by atoms with Crippen LogP contribution in [0.4, 0.5) is 4.39 Å². The molecule has 9 nitrogen and oxygen atoms in total. The molecule has 0 radical (unpaired) electrons. The van der Waals surface area contributed by atoms with Crippen LogP contribution in [0.15, 0.2) is 77.6 Å². The lowest BCUT2D eigenvalue weighted by molar-refractivity contribution is -0.0155. The zero-order valence-corrected chi connectivity index (χ0v) is 29.8. The molecule has 52 heavy (non-hydrogen) atoms. The molecule has 0 saturated carbocycles. The molecule has 4 saturated heterocycles. The summed E-state index contributed by atoms with van der Waals surface area (Å²) in [4.78, 5) is 33.0. The fraction of sp³-hybridized carbons (Fsp3) is 0.476. The van der Waals surface area contributed by atoms with Gasteiger partial charge in [-0.05, 0) is 136 Å². The molecular weight excluding hydrogens is 659 g/mol. The van der Waals surface area contributed by atoms with Crippen LogP contribution in [0.1, 0.15) is 84.9 Å². The topological polar surface area (TPSA) is 118 Å². The average molecular weight is 711 g/mol. The van der Waals surface area contributed by atoms with Crippen molar-refractivity contribution in [2.75, 3.05) is 45.9 Å². The number of rotatable bonds is 14. The van der Waals surface area contributed by atoms with Crippen LogP contribution in [0.5, 0.6) is 11.5 Å². The van der Waals surface area contributed by atoms with Gasteiger partial charge < -0.3 is 35.1 Å². The number of fused-ring (bicyclic) bond motifs is 4. The number of halogens is 1. The Morgan fingerprint density at radius 1 is 0.923 bits per heavy atom. The highest BCUT2D eigenvalue weighted by atomic mass is 19.1. The number of hydrogen-bond acceptors (Lipinski definition) is 7. The number of carbonyl (C=O) groups excluding carboxylic acids is 1. The van der Waals surface area contributed by atoms with Gasteiger partial charge in [-0.1, -0.05) is 31.0 Å². The Bertz CT molecular complexity index is 1860. The van der Waals surface area contributed by atoms with Crippen molar-refractivity contribution in [2.45, 2.75) is 69.4 Å². The first-order valence-corrected chi connectivity index (χ1v) is 19.1. The second kappa shape index (κ2) is 16.6. The van der Waals surface area contributed by atoms with E-state index in [0.29, 0.717) is 59.5 Å². The van der Waals surface area contributed by atoms with Crippen molar-refractivity contribution in [2.24, 2.45) is 11.8 Å². The van der Waals surface area contributed by atoms with Crippen LogP contribution >= 0.6 is 0 Å². The van der Waals surface area contributed by atoms with Crippen LogP contribution in [-0.2, 0) is 0 Å². The van der Waals surface area contributed by atoms with E-state index < -0.39 is 6.10 Å². The maximum absolute atomic E-state index is 14.0. The van der Waals surface area contributed by atoms with Crippen molar-refractivity contribution >= 4 is 16.8 Å². The van der Waals surface area contributed by atoms with E-state index in [0.717, 1.165) is 57.4 Å². The number of pyridine rings is 1. The lowest BCUT2D eigenvalue weighted by Crippen LogP contribution is -2.58. The molecule has 276 valence electrons. The molecule has 4 aliphatic heterocycles. The van der Waals surface area contributed by atoms with Crippen LogP contribution < -0.4 is 15.6 Å². The van der Waals surface area contributed by atoms with Gasteiger partial charge in [0, 0.05) is 42.7 Å². The van der Waals surface area contributed by atoms with Crippen LogP contribution in [0.3, 0.4) is 0 Å². The van der Waals surface area contributed by atoms with Gasteiger partial charge >= 0.3 is 0 Å². The zero-order chi connectivity index (χ0) is 36.0. The molecule has 3 aromatic carbocycles. The number of benzene rings is 3. The zero-order valence-electron chi connectivity index (χ0n) is 29.8. The summed E-state index contributed by atoms with van der Waals surface area (Å²) in [5.74, 6) is 2.09. The van der Waals surface area contributed by atoms with Crippen molar-refractivity contribution in [1.29, 1.82) is 0 Å². The predicted molar refractivity (Wildman–Crippen MR) is 200 cm³/mol. The lowest BCUT2D eigenvalue weighted by Gasteiger charge is -2.52. The normalized spacial score (nSPS) is 23.5. The maximum Gasteiger partial charge on any atom is 0.254 e. The quantitative estimate of drug-likeness (QED) is 0.113. The lowest BCUT2D eigenvalue weighted by atomic mass is 9.70. The Labute approximate surface area is 304 Å². The number of H-pyrrole nitrogens is 1. The molecule has 4 aliphatic rings.